The van der Waals surface area contributed by atoms with Crippen molar-refractivity contribution in [1.82, 2.24) is 20.4 Å². The number of carbonyl (C=O) groups excluding carboxylic acids is 5. The molecule has 2 aliphatic heterocycles. The molecule has 1 unspecified atom stereocenters. The molecular weight excluding hydrogens is 466 g/mol. The first-order chi connectivity index (χ1) is 17.2. The van der Waals surface area contributed by atoms with Crippen LogP contribution < -0.4 is 16.0 Å². The van der Waals surface area contributed by atoms with E-state index >= 15 is 0 Å². The van der Waals surface area contributed by atoms with E-state index in [1.54, 1.807) is 13.8 Å². The van der Waals surface area contributed by atoms with Crippen LogP contribution in [-0.2, 0) is 35.3 Å². The molecule has 0 aromatic heterocycles. The van der Waals surface area contributed by atoms with Gasteiger partial charge in [-0.15, -0.1) is 0 Å². The molecular formula is C25H33N5O6. The molecule has 0 radical (unpaired) electrons. The van der Waals surface area contributed by atoms with Gasteiger partial charge in [0, 0.05) is 50.4 Å². The normalized spacial score (nSPS) is 16.8. The molecule has 3 N–H and O–H groups in total. The molecule has 2 heterocycles. The summed E-state index contributed by atoms with van der Waals surface area (Å²) < 4.78 is 5.36. The Kier molecular flexibility index (Phi) is 9.71. The zero-order valence-corrected chi connectivity index (χ0v) is 20.6. The number of carbonyl (C=O) groups is 5. The van der Waals surface area contributed by atoms with Crippen LogP contribution in [0.2, 0.25) is 0 Å². The Morgan fingerprint density at radius 1 is 0.972 bits per heavy atom. The Hall–Kier alpha value is -3.57. The van der Waals surface area contributed by atoms with Gasteiger partial charge in [0.15, 0.2) is 0 Å². The number of morpholine rings is 1. The fraction of sp³-hybridized carbons (Fsp3) is 0.480. The minimum atomic E-state index is -0.868. The van der Waals surface area contributed by atoms with Crippen molar-refractivity contribution < 1.29 is 28.7 Å². The van der Waals surface area contributed by atoms with E-state index in [1.807, 2.05) is 24.3 Å². The van der Waals surface area contributed by atoms with Gasteiger partial charge in [-0.2, -0.15) is 0 Å². The molecule has 1 aromatic rings. The number of hydrogen-bond donors (Lipinski definition) is 3. The van der Waals surface area contributed by atoms with E-state index in [1.165, 1.54) is 0 Å². The van der Waals surface area contributed by atoms with Gasteiger partial charge < -0.3 is 20.7 Å². The van der Waals surface area contributed by atoms with Crippen LogP contribution in [0.15, 0.2) is 36.4 Å². The lowest BCUT2D eigenvalue weighted by Crippen LogP contribution is -2.51. The van der Waals surface area contributed by atoms with Crippen LogP contribution in [0.4, 0.5) is 5.69 Å². The highest BCUT2D eigenvalue weighted by Gasteiger charge is 2.27. The summed E-state index contributed by atoms with van der Waals surface area (Å²) in [6, 6.07) is 6.67. The van der Waals surface area contributed by atoms with E-state index in [0.717, 1.165) is 55.5 Å². The fourth-order valence-corrected chi connectivity index (χ4v) is 3.84. The summed E-state index contributed by atoms with van der Waals surface area (Å²) >= 11 is 0. The number of amides is 5. The van der Waals surface area contributed by atoms with Gasteiger partial charge in [0.05, 0.1) is 19.8 Å². The number of anilines is 1. The lowest BCUT2D eigenvalue weighted by atomic mass is 10.0. The van der Waals surface area contributed by atoms with Crippen LogP contribution in [0.3, 0.4) is 0 Å². The summed E-state index contributed by atoms with van der Waals surface area (Å²) in [4.78, 5) is 63.7. The highest BCUT2D eigenvalue weighted by molar-refractivity contribution is 6.13. The molecule has 194 valence electrons. The lowest BCUT2D eigenvalue weighted by molar-refractivity contribution is -0.137. The van der Waals surface area contributed by atoms with Gasteiger partial charge in [0.2, 0.25) is 17.7 Å². The van der Waals surface area contributed by atoms with Crippen LogP contribution in [0.25, 0.3) is 0 Å². The van der Waals surface area contributed by atoms with Crippen LogP contribution in [0, 0.1) is 5.92 Å². The average Bonchev–Trinajstić information content (AvgIpc) is 3.18. The largest absolute Gasteiger partial charge is 0.379 e. The van der Waals surface area contributed by atoms with Crippen LogP contribution in [-0.4, -0.2) is 84.8 Å². The Labute approximate surface area is 210 Å². The highest BCUT2D eigenvalue weighted by Crippen LogP contribution is 2.12. The third kappa shape index (κ3) is 7.99. The summed E-state index contributed by atoms with van der Waals surface area (Å²) in [6.45, 7) is 7.28. The summed E-state index contributed by atoms with van der Waals surface area (Å²) in [5.41, 5.74) is 1.75. The average molecular weight is 500 g/mol. The van der Waals surface area contributed by atoms with Gasteiger partial charge >= 0.3 is 0 Å². The summed E-state index contributed by atoms with van der Waals surface area (Å²) in [5.74, 6) is -2.54. The molecule has 0 saturated carbocycles. The Morgan fingerprint density at radius 2 is 1.61 bits per heavy atom. The van der Waals surface area contributed by atoms with Gasteiger partial charge in [-0.05, 0) is 23.6 Å². The third-order valence-electron chi connectivity index (χ3n) is 5.90. The summed E-state index contributed by atoms with van der Waals surface area (Å²) in [5, 5.41) is 7.92. The molecule has 1 atom stereocenters. The van der Waals surface area contributed by atoms with Crippen molar-refractivity contribution >= 4 is 35.2 Å². The number of hydrogen-bond acceptors (Lipinski definition) is 7. The number of nitrogens with zero attached hydrogens (tertiary/aromatic N) is 2. The predicted octanol–water partition coefficient (Wildman–Crippen LogP) is 0.0294. The van der Waals surface area contributed by atoms with Gasteiger partial charge in [0.1, 0.15) is 6.04 Å². The third-order valence-corrected chi connectivity index (χ3v) is 5.90. The van der Waals surface area contributed by atoms with Crippen molar-refractivity contribution in [3.63, 3.8) is 0 Å². The smallest absolute Gasteiger partial charge is 0.253 e. The Morgan fingerprint density at radius 3 is 2.22 bits per heavy atom. The number of imide groups is 1. The molecule has 2 aliphatic rings. The second kappa shape index (κ2) is 12.9. The van der Waals surface area contributed by atoms with Gasteiger partial charge in [-0.25, -0.2) is 0 Å². The Balaban J connectivity index is 1.41. The van der Waals surface area contributed by atoms with Crippen molar-refractivity contribution in [3.05, 3.63) is 42.0 Å². The molecule has 5 amide bonds. The van der Waals surface area contributed by atoms with Gasteiger partial charge in [-0.1, -0.05) is 26.0 Å². The maximum absolute atomic E-state index is 12.6. The van der Waals surface area contributed by atoms with Gasteiger partial charge in [0.25, 0.3) is 11.8 Å². The second-order valence-corrected chi connectivity index (χ2v) is 9.05. The van der Waals surface area contributed by atoms with E-state index in [9.17, 15) is 24.0 Å². The first-order valence-electron chi connectivity index (χ1n) is 12.0. The van der Waals surface area contributed by atoms with Crippen molar-refractivity contribution in [1.29, 1.82) is 0 Å². The minimum absolute atomic E-state index is 0.0728. The monoisotopic (exact) mass is 499 g/mol. The zero-order valence-electron chi connectivity index (χ0n) is 20.6. The molecule has 0 aliphatic carbocycles. The number of ether oxygens (including phenoxy) is 1. The molecule has 1 fully saturated rings. The maximum Gasteiger partial charge on any atom is 0.253 e. The van der Waals surface area contributed by atoms with E-state index in [0.29, 0.717) is 5.69 Å². The van der Waals surface area contributed by atoms with Crippen molar-refractivity contribution in [2.75, 3.05) is 44.7 Å². The molecule has 36 heavy (non-hydrogen) atoms. The van der Waals surface area contributed by atoms with E-state index in [2.05, 4.69) is 20.9 Å². The number of nitrogens with one attached hydrogen (secondary N) is 3. The Bertz CT molecular complexity index is 983. The molecule has 0 bridgehead atoms. The molecule has 0 spiro atoms. The fourth-order valence-electron chi connectivity index (χ4n) is 3.84. The SMILES string of the molecule is CC(C)C(NC(=O)CCN1C(=O)C=CC1=O)C(=O)NCC(=O)Nc1ccc(CN2CCOCC2)cc1. The van der Waals surface area contributed by atoms with E-state index < -0.39 is 35.6 Å². The highest BCUT2D eigenvalue weighted by atomic mass is 16.5. The molecule has 1 aromatic carbocycles. The van der Waals surface area contributed by atoms with Crippen molar-refractivity contribution in [2.45, 2.75) is 32.9 Å². The first kappa shape index (κ1) is 27.0. The summed E-state index contributed by atoms with van der Waals surface area (Å²) in [7, 11) is 0. The molecule has 3 rings (SSSR count). The summed E-state index contributed by atoms with van der Waals surface area (Å²) in [6.07, 6.45) is 2.17. The second-order valence-electron chi connectivity index (χ2n) is 9.05. The maximum atomic E-state index is 12.6. The van der Waals surface area contributed by atoms with Crippen LogP contribution >= 0.6 is 0 Å². The van der Waals surface area contributed by atoms with E-state index in [4.69, 9.17) is 4.74 Å². The topological polar surface area (TPSA) is 137 Å². The minimum Gasteiger partial charge on any atom is -0.379 e. The van der Waals surface area contributed by atoms with Crippen molar-refractivity contribution in [3.8, 4) is 0 Å². The molecule has 11 heteroatoms. The number of rotatable bonds is 11. The predicted molar refractivity (Wildman–Crippen MR) is 131 cm³/mol. The molecule has 11 nitrogen and oxygen atoms in total. The number of benzene rings is 1. The van der Waals surface area contributed by atoms with Gasteiger partial charge in [-0.3, -0.25) is 33.8 Å². The van der Waals surface area contributed by atoms with Crippen LogP contribution in [0.5, 0.6) is 0 Å². The van der Waals surface area contributed by atoms with Crippen molar-refractivity contribution in [2.24, 2.45) is 5.92 Å². The quantitative estimate of drug-likeness (QED) is 0.365. The van der Waals surface area contributed by atoms with Crippen LogP contribution in [0.1, 0.15) is 25.8 Å². The molecule has 1 saturated heterocycles. The standard InChI is InChI=1S/C25H33N5O6/c1-17(2)24(28-20(31)9-10-30-22(33)7-8-23(30)34)25(35)26-15-21(32)27-19-5-3-18(4-6-19)16-29-11-13-36-14-12-29/h3-8,17,24H,9-16H2,1-2H3,(H,26,35)(H,27,32)(H,28,31). The first-order valence-corrected chi connectivity index (χ1v) is 12.0. The lowest BCUT2D eigenvalue weighted by Gasteiger charge is -2.26. The van der Waals surface area contributed by atoms with E-state index in [-0.39, 0.29) is 25.4 Å². The zero-order chi connectivity index (χ0) is 26.1.